The van der Waals surface area contributed by atoms with Gasteiger partial charge in [0.05, 0.1) is 7.11 Å². The minimum Gasteiger partial charge on any atom is -0.468 e. The van der Waals surface area contributed by atoms with Gasteiger partial charge in [0.2, 0.25) is 0 Å². The molecule has 14 heavy (non-hydrogen) atoms. The first kappa shape index (κ1) is 16.4. The monoisotopic (exact) mass is 244 g/mol. The molecule has 1 unspecified atom stereocenters. The van der Waals surface area contributed by atoms with Gasteiger partial charge in [-0.3, -0.25) is 9.69 Å². The maximum absolute atomic E-state index is 11.1. The van der Waals surface area contributed by atoms with Crippen molar-refractivity contribution in [3.05, 3.63) is 0 Å². The van der Waals surface area contributed by atoms with Crippen LogP contribution in [0, 0.1) is 0 Å². The molecule has 1 aliphatic rings. The standard InChI is InChI=1S/C8H16N2O2.2ClH/c1-7(8(11)12-2)10-5-3-9-4-6-10;;/h7,9H,3-6H2,1-2H3;2*1H. The van der Waals surface area contributed by atoms with Gasteiger partial charge in [0.15, 0.2) is 0 Å². The van der Waals surface area contributed by atoms with Crippen LogP contribution in [0.25, 0.3) is 0 Å². The summed E-state index contributed by atoms with van der Waals surface area (Å²) in [5, 5.41) is 3.23. The fourth-order valence-electron chi connectivity index (χ4n) is 1.39. The highest BCUT2D eigenvalue weighted by Crippen LogP contribution is 2.01. The molecule has 0 aromatic rings. The molecule has 1 N–H and O–H groups in total. The molecule has 6 heteroatoms. The summed E-state index contributed by atoms with van der Waals surface area (Å²) in [6, 6.07) is -0.0999. The lowest BCUT2D eigenvalue weighted by molar-refractivity contribution is -0.146. The lowest BCUT2D eigenvalue weighted by Gasteiger charge is -2.30. The molecule has 0 bridgehead atoms. The van der Waals surface area contributed by atoms with Gasteiger partial charge < -0.3 is 10.1 Å². The van der Waals surface area contributed by atoms with Gasteiger partial charge in [0.1, 0.15) is 6.04 Å². The Morgan fingerprint density at radius 1 is 1.36 bits per heavy atom. The summed E-state index contributed by atoms with van der Waals surface area (Å²) in [4.78, 5) is 13.3. The first-order chi connectivity index (χ1) is 5.75. The third-order valence-corrected chi connectivity index (χ3v) is 2.24. The Morgan fingerprint density at radius 3 is 2.29 bits per heavy atom. The number of esters is 1. The number of nitrogens with one attached hydrogen (secondary N) is 1. The van der Waals surface area contributed by atoms with E-state index in [4.69, 9.17) is 0 Å². The molecule has 1 rings (SSSR count). The maximum atomic E-state index is 11.1. The number of nitrogens with zero attached hydrogens (tertiary/aromatic N) is 1. The Morgan fingerprint density at radius 2 is 1.86 bits per heavy atom. The Balaban J connectivity index is 0. The van der Waals surface area contributed by atoms with Gasteiger partial charge in [-0.05, 0) is 6.92 Å². The molecule has 1 fully saturated rings. The molecule has 0 radical (unpaired) electrons. The van der Waals surface area contributed by atoms with Crippen molar-refractivity contribution in [3.8, 4) is 0 Å². The van der Waals surface area contributed by atoms with Gasteiger partial charge in [-0.15, -0.1) is 24.8 Å². The van der Waals surface area contributed by atoms with Crippen LogP contribution in [0.15, 0.2) is 0 Å². The number of methoxy groups -OCH3 is 1. The van der Waals surface area contributed by atoms with Crippen LogP contribution >= 0.6 is 24.8 Å². The van der Waals surface area contributed by atoms with E-state index in [2.05, 4.69) is 15.0 Å². The minimum absolute atomic E-state index is 0. The molecular weight excluding hydrogens is 227 g/mol. The average molecular weight is 245 g/mol. The van der Waals surface area contributed by atoms with Crippen LogP contribution in [0.5, 0.6) is 0 Å². The number of carbonyl (C=O) groups is 1. The molecule has 1 atom stereocenters. The molecule has 0 aliphatic carbocycles. The largest absolute Gasteiger partial charge is 0.468 e. The topological polar surface area (TPSA) is 41.6 Å². The Hall–Kier alpha value is -0.0300. The van der Waals surface area contributed by atoms with Crippen LogP contribution < -0.4 is 5.32 Å². The van der Waals surface area contributed by atoms with Crippen molar-refractivity contribution < 1.29 is 9.53 Å². The second-order valence-electron chi connectivity index (χ2n) is 2.99. The van der Waals surface area contributed by atoms with Gasteiger partial charge in [0, 0.05) is 26.2 Å². The third-order valence-electron chi connectivity index (χ3n) is 2.24. The van der Waals surface area contributed by atoms with Gasteiger partial charge in [-0.25, -0.2) is 0 Å². The molecule has 0 saturated carbocycles. The van der Waals surface area contributed by atoms with Gasteiger partial charge in [-0.2, -0.15) is 0 Å². The summed E-state index contributed by atoms with van der Waals surface area (Å²) >= 11 is 0. The van der Waals surface area contributed by atoms with Crippen LogP contribution in [0.1, 0.15) is 6.92 Å². The van der Waals surface area contributed by atoms with Crippen LogP contribution in [-0.2, 0) is 9.53 Å². The molecule has 0 amide bonds. The molecule has 0 aromatic heterocycles. The Bertz CT molecular complexity index is 163. The quantitative estimate of drug-likeness (QED) is 0.710. The van der Waals surface area contributed by atoms with E-state index in [-0.39, 0.29) is 36.8 Å². The smallest absolute Gasteiger partial charge is 0.322 e. The second-order valence-corrected chi connectivity index (χ2v) is 2.99. The fourth-order valence-corrected chi connectivity index (χ4v) is 1.39. The summed E-state index contributed by atoms with van der Waals surface area (Å²) < 4.78 is 4.66. The molecule has 4 nitrogen and oxygen atoms in total. The van der Waals surface area contributed by atoms with Crippen LogP contribution in [0.3, 0.4) is 0 Å². The van der Waals surface area contributed by atoms with Crippen molar-refractivity contribution in [2.45, 2.75) is 13.0 Å². The fraction of sp³-hybridized carbons (Fsp3) is 0.875. The van der Waals surface area contributed by atoms with Gasteiger partial charge >= 0.3 is 5.97 Å². The van der Waals surface area contributed by atoms with Crippen molar-refractivity contribution in [2.24, 2.45) is 0 Å². The Labute approximate surface area is 97.2 Å². The summed E-state index contributed by atoms with van der Waals surface area (Å²) in [6.45, 7) is 5.66. The number of piperazine rings is 1. The van der Waals surface area contributed by atoms with E-state index in [1.807, 2.05) is 6.92 Å². The highest BCUT2D eigenvalue weighted by Gasteiger charge is 2.22. The zero-order valence-electron chi connectivity index (χ0n) is 8.49. The van der Waals surface area contributed by atoms with Gasteiger partial charge in [0.25, 0.3) is 0 Å². The SMILES string of the molecule is COC(=O)C(C)N1CCNCC1.Cl.Cl. The van der Waals surface area contributed by atoms with E-state index in [1.165, 1.54) is 7.11 Å². The first-order valence-corrected chi connectivity index (χ1v) is 4.28. The van der Waals surface area contributed by atoms with Crippen LogP contribution in [0.2, 0.25) is 0 Å². The first-order valence-electron chi connectivity index (χ1n) is 4.28. The number of hydrogen-bond acceptors (Lipinski definition) is 4. The molecule has 0 aromatic carbocycles. The van der Waals surface area contributed by atoms with Crippen molar-refractivity contribution in [3.63, 3.8) is 0 Å². The molecular formula is C8H18Cl2N2O2. The minimum atomic E-state index is -0.142. The van der Waals surface area contributed by atoms with E-state index in [9.17, 15) is 4.79 Å². The van der Waals surface area contributed by atoms with Crippen LogP contribution in [-0.4, -0.2) is 50.2 Å². The molecule has 1 aliphatic heterocycles. The summed E-state index contributed by atoms with van der Waals surface area (Å²) in [7, 11) is 1.43. The average Bonchev–Trinajstić information content (AvgIpc) is 2.17. The predicted molar refractivity (Wildman–Crippen MR) is 60.4 cm³/mol. The zero-order chi connectivity index (χ0) is 8.97. The zero-order valence-corrected chi connectivity index (χ0v) is 10.1. The van der Waals surface area contributed by atoms with Crippen LogP contribution in [0.4, 0.5) is 0 Å². The third kappa shape index (κ3) is 4.46. The van der Waals surface area contributed by atoms with E-state index < -0.39 is 0 Å². The molecule has 86 valence electrons. The van der Waals surface area contributed by atoms with Crippen molar-refractivity contribution in [1.82, 2.24) is 10.2 Å². The van der Waals surface area contributed by atoms with E-state index in [0.29, 0.717) is 0 Å². The molecule has 1 heterocycles. The van der Waals surface area contributed by atoms with E-state index in [1.54, 1.807) is 0 Å². The number of halogens is 2. The summed E-state index contributed by atoms with van der Waals surface area (Å²) in [5.74, 6) is -0.142. The lowest BCUT2D eigenvalue weighted by atomic mass is 10.2. The lowest BCUT2D eigenvalue weighted by Crippen LogP contribution is -2.50. The summed E-state index contributed by atoms with van der Waals surface area (Å²) in [5.41, 5.74) is 0. The molecule has 1 saturated heterocycles. The van der Waals surface area contributed by atoms with Crippen molar-refractivity contribution in [2.75, 3.05) is 33.3 Å². The molecule has 0 spiro atoms. The maximum Gasteiger partial charge on any atom is 0.322 e. The number of hydrogen-bond donors (Lipinski definition) is 1. The van der Waals surface area contributed by atoms with E-state index >= 15 is 0 Å². The number of carbonyl (C=O) groups excluding carboxylic acids is 1. The highest BCUT2D eigenvalue weighted by molar-refractivity contribution is 5.85. The van der Waals surface area contributed by atoms with Crippen molar-refractivity contribution in [1.29, 1.82) is 0 Å². The normalized spacial score (nSPS) is 18.7. The van der Waals surface area contributed by atoms with Crippen molar-refractivity contribution >= 4 is 30.8 Å². The Kier molecular flexibility index (Phi) is 9.72. The number of rotatable bonds is 2. The predicted octanol–water partition coefficient (Wildman–Crippen LogP) is 0.297. The van der Waals surface area contributed by atoms with E-state index in [0.717, 1.165) is 26.2 Å². The van der Waals surface area contributed by atoms with Gasteiger partial charge in [-0.1, -0.05) is 0 Å². The number of ether oxygens (including phenoxy) is 1. The highest BCUT2D eigenvalue weighted by atomic mass is 35.5. The second kappa shape index (κ2) is 8.29. The summed E-state index contributed by atoms with van der Waals surface area (Å²) in [6.07, 6.45) is 0.